The lowest BCUT2D eigenvalue weighted by Crippen LogP contribution is -2.51. The smallest absolute Gasteiger partial charge is 0.326 e. The molecule has 3 aliphatic rings. The Morgan fingerprint density at radius 3 is 2.85 bits per heavy atom. The molecule has 1 amide bonds. The Morgan fingerprint density at radius 2 is 2.15 bits per heavy atom. The van der Waals surface area contributed by atoms with Gasteiger partial charge in [0.05, 0.1) is 41.2 Å². The van der Waals surface area contributed by atoms with Crippen LogP contribution in [0.15, 0.2) is 33.0 Å². The Labute approximate surface area is 189 Å². The molecule has 1 saturated heterocycles. The van der Waals surface area contributed by atoms with Crippen LogP contribution in [0.5, 0.6) is 5.88 Å². The second-order valence-electron chi connectivity index (χ2n) is 8.44. The number of thioether (sulfide) groups is 1. The molecule has 10 nitrogen and oxygen atoms in total. The van der Waals surface area contributed by atoms with E-state index in [1.54, 1.807) is 16.8 Å². The van der Waals surface area contributed by atoms with Crippen molar-refractivity contribution in [3.05, 3.63) is 55.8 Å². The van der Waals surface area contributed by atoms with Gasteiger partial charge in [0.1, 0.15) is 11.9 Å². The van der Waals surface area contributed by atoms with Crippen LogP contribution in [-0.4, -0.2) is 65.8 Å². The molecule has 0 aromatic carbocycles. The third-order valence-electron chi connectivity index (χ3n) is 5.85. The van der Waals surface area contributed by atoms with E-state index in [-0.39, 0.29) is 41.9 Å². The second kappa shape index (κ2) is 7.58. The number of fused-ring (bicyclic) bond motifs is 1. The Balaban J connectivity index is 1.38. The highest BCUT2D eigenvalue weighted by Crippen LogP contribution is 2.43. The third kappa shape index (κ3) is 3.73. The molecule has 170 valence electrons. The average Bonchev–Trinajstić information content (AvgIpc) is 3.16. The number of amides is 1. The molecule has 5 heterocycles. The van der Waals surface area contributed by atoms with E-state index < -0.39 is 11.9 Å². The number of H-pyrrole nitrogens is 2. The number of alkyl halides is 1. The molecular weight excluding hydrogens is 449 g/mol. The lowest BCUT2D eigenvalue weighted by molar-refractivity contribution is -0.133. The highest BCUT2D eigenvalue weighted by atomic mass is 32.2. The number of hydrogen-bond acceptors (Lipinski definition) is 7. The van der Waals surface area contributed by atoms with Crippen LogP contribution in [0.1, 0.15) is 35.9 Å². The summed E-state index contributed by atoms with van der Waals surface area (Å²) in [7, 11) is 0. The number of aromatic amines is 2. The van der Waals surface area contributed by atoms with E-state index in [9.17, 15) is 19.1 Å². The predicted octanol–water partition coefficient (Wildman–Crippen LogP) is 0.304. The zero-order chi connectivity index (χ0) is 22.7. The third-order valence-corrected chi connectivity index (χ3v) is 7.16. The zero-order valence-corrected chi connectivity index (χ0v) is 18.2. The molecule has 0 bridgehead atoms. The van der Waals surface area contributed by atoms with Gasteiger partial charge in [-0.25, -0.2) is 14.2 Å². The summed E-state index contributed by atoms with van der Waals surface area (Å²) in [6.45, 7) is 0.304. The van der Waals surface area contributed by atoms with Crippen molar-refractivity contribution in [2.24, 2.45) is 4.99 Å². The maximum absolute atomic E-state index is 13.2. The summed E-state index contributed by atoms with van der Waals surface area (Å²) in [5.74, 6) is -0.399. The molecule has 1 unspecified atom stereocenters. The molecule has 6 rings (SSSR count). The Morgan fingerprint density at radius 1 is 1.33 bits per heavy atom. The molecule has 12 heteroatoms. The first kappa shape index (κ1) is 20.2. The fourth-order valence-electron chi connectivity index (χ4n) is 3.91. The second-order valence-corrected chi connectivity index (χ2v) is 9.68. The largest absolute Gasteiger partial charge is 0.493 e. The minimum atomic E-state index is -0.932. The number of allylic oxidation sites excluding steroid dienone is 1. The van der Waals surface area contributed by atoms with Gasteiger partial charge in [-0.15, -0.1) is 11.8 Å². The number of aromatic hydroxyl groups is 1. The summed E-state index contributed by atoms with van der Waals surface area (Å²) in [6, 6.07) is 2.16. The highest BCUT2D eigenvalue weighted by Gasteiger charge is 2.35. The van der Waals surface area contributed by atoms with Crippen LogP contribution in [0.2, 0.25) is 0 Å². The number of carbonyl (C=O) groups excluding carboxylic acids is 1. The Hall–Kier alpha value is -3.41. The van der Waals surface area contributed by atoms with Crippen LogP contribution in [0, 0.1) is 0 Å². The SMILES string of the molecule is O=C(C1=CCC(c2cc(=NC3CC3)n3ncc(=Cc4[nH]c(=O)[nH]c4O)c3n2)S1)N1CC(F)C1. The molecule has 33 heavy (non-hydrogen) atoms. The molecule has 0 spiro atoms. The van der Waals surface area contributed by atoms with Crippen molar-refractivity contribution < 1.29 is 14.3 Å². The normalized spacial score (nSPS) is 22.3. The van der Waals surface area contributed by atoms with Gasteiger partial charge in [0.25, 0.3) is 5.91 Å². The number of halogens is 1. The standard InChI is InChI=1S/C21H20FN7O3S/c22-11-8-28(9-11)20(31)16-4-3-15(33-16)13-6-17(24-12-1-2-12)29-18(25-13)10(7-23-29)5-14-19(30)27-21(32)26-14/h4-7,11-12,15,30H,1-3,8-9H2,(H2,26,27,32). The van der Waals surface area contributed by atoms with Gasteiger partial charge in [-0.05, 0) is 25.3 Å². The van der Waals surface area contributed by atoms with Crippen LogP contribution < -0.4 is 16.4 Å². The molecule has 3 aromatic heterocycles. The number of hydrogen-bond donors (Lipinski definition) is 3. The van der Waals surface area contributed by atoms with E-state index in [2.05, 4.69) is 15.1 Å². The van der Waals surface area contributed by atoms with Crippen molar-refractivity contribution in [3.8, 4) is 5.88 Å². The molecule has 3 N–H and O–H groups in total. The van der Waals surface area contributed by atoms with Crippen molar-refractivity contribution in [1.29, 1.82) is 0 Å². The number of aromatic nitrogens is 5. The summed E-state index contributed by atoms with van der Waals surface area (Å²) < 4.78 is 14.8. The molecule has 2 fully saturated rings. The van der Waals surface area contributed by atoms with Gasteiger partial charge >= 0.3 is 5.69 Å². The molecule has 2 aliphatic heterocycles. The first-order valence-electron chi connectivity index (χ1n) is 10.7. The maximum atomic E-state index is 13.2. The summed E-state index contributed by atoms with van der Waals surface area (Å²) in [5.41, 5.74) is 1.69. The monoisotopic (exact) mass is 469 g/mol. The van der Waals surface area contributed by atoms with E-state index in [1.165, 1.54) is 16.7 Å². The summed E-state index contributed by atoms with van der Waals surface area (Å²) in [5, 5.41) is 14.9. The van der Waals surface area contributed by atoms with Gasteiger partial charge in [0.15, 0.2) is 11.1 Å². The molecule has 1 atom stereocenters. The fraction of sp³-hybridized carbons (Fsp3) is 0.381. The Bertz CT molecular complexity index is 1480. The van der Waals surface area contributed by atoms with Gasteiger partial charge in [0, 0.05) is 11.3 Å². The average molecular weight is 470 g/mol. The number of nitrogens with one attached hydrogen (secondary N) is 2. The minimum absolute atomic E-state index is 0.0761. The van der Waals surface area contributed by atoms with Gasteiger partial charge in [-0.2, -0.15) is 9.61 Å². The van der Waals surface area contributed by atoms with Crippen molar-refractivity contribution >= 4 is 29.4 Å². The first-order valence-corrected chi connectivity index (χ1v) is 11.6. The predicted molar refractivity (Wildman–Crippen MR) is 118 cm³/mol. The van der Waals surface area contributed by atoms with E-state index in [1.807, 2.05) is 12.1 Å². The number of imidazole rings is 1. The van der Waals surface area contributed by atoms with Gasteiger partial charge in [-0.3, -0.25) is 14.8 Å². The molecule has 1 saturated carbocycles. The van der Waals surface area contributed by atoms with E-state index in [0.717, 1.165) is 18.5 Å². The number of likely N-dealkylation sites (tertiary alicyclic amines) is 1. The number of rotatable bonds is 4. The molecule has 0 radical (unpaired) electrons. The molecular formula is C21H20FN7O3S. The van der Waals surface area contributed by atoms with E-state index in [4.69, 9.17) is 9.98 Å². The van der Waals surface area contributed by atoms with E-state index in [0.29, 0.717) is 27.7 Å². The van der Waals surface area contributed by atoms with Crippen LogP contribution in [0.25, 0.3) is 11.7 Å². The van der Waals surface area contributed by atoms with Crippen molar-refractivity contribution in [3.63, 3.8) is 0 Å². The van der Waals surface area contributed by atoms with Crippen LogP contribution in [0.4, 0.5) is 4.39 Å². The van der Waals surface area contributed by atoms with Gasteiger partial charge in [0.2, 0.25) is 5.88 Å². The van der Waals surface area contributed by atoms with Gasteiger partial charge < -0.3 is 15.0 Å². The van der Waals surface area contributed by atoms with Crippen molar-refractivity contribution in [2.75, 3.05) is 13.1 Å². The first-order chi connectivity index (χ1) is 15.9. The summed E-state index contributed by atoms with van der Waals surface area (Å²) in [4.78, 5) is 40.6. The topological polar surface area (TPSA) is 132 Å². The quantitative estimate of drug-likeness (QED) is 0.504. The highest BCUT2D eigenvalue weighted by molar-refractivity contribution is 8.04. The Kier molecular flexibility index (Phi) is 4.64. The van der Waals surface area contributed by atoms with E-state index >= 15 is 0 Å². The van der Waals surface area contributed by atoms with Crippen LogP contribution >= 0.6 is 11.8 Å². The van der Waals surface area contributed by atoms with Crippen LogP contribution in [0.3, 0.4) is 0 Å². The summed E-state index contributed by atoms with van der Waals surface area (Å²) >= 11 is 1.43. The minimum Gasteiger partial charge on any atom is -0.493 e. The van der Waals surface area contributed by atoms with Crippen LogP contribution in [-0.2, 0) is 4.79 Å². The fourth-order valence-corrected chi connectivity index (χ4v) is 5.07. The number of nitrogens with zero attached hydrogens (tertiary/aromatic N) is 5. The lowest BCUT2D eigenvalue weighted by Gasteiger charge is -2.34. The van der Waals surface area contributed by atoms with Crippen molar-refractivity contribution in [1.82, 2.24) is 29.5 Å². The number of carbonyl (C=O) groups is 1. The van der Waals surface area contributed by atoms with Gasteiger partial charge in [-0.1, -0.05) is 6.08 Å². The molecule has 1 aliphatic carbocycles. The summed E-state index contributed by atoms with van der Waals surface area (Å²) in [6.07, 6.45) is 6.85. The maximum Gasteiger partial charge on any atom is 0.326 e. The molecule has 3 aromatic rings. The lowest BCUT2D eigenvalue weighted by atomic mass is 10.1. The van der Waals surface area contributed by atoms with Crippen molar-refractivity contribution in [2.45, 2.75) is 36.7 Å². The zero-order valence-electron chi connectivity index (χ0n) is 17.4.